The highest BCUT2D eigenvalue weighted by molar-refractivity contribution is 14.0. The van der Waals surface area contributed by atoms with Crippen LogP contribution in [0, 0.1) is 0 Å². The lowest BCUT2D eigenvalue weighted by atomic mass is 10.2. The van der Waals surface area contributed by atoms with Crippen molar-refractivity contribution in [3.63, 3.8) is 0 Å². The minimum Gasteiger partial charge on any atom is -0.368 e. The summed E-state index contributed by atoms with van der Waals surface area (Å²) in [5.41, 5.74) is 0. The molecule has 0 bridgehead atoms. The molecular weight excluding hydrogens is 383 g/mol. The van der Waals surface area contributed by atoms with Crippen LogP contribution in [0.1, 0.15) is 26.2 Å². The van der Waals surface area contributed by atoms with Crippen molar-refractivity contribution < 1.29 is 9.53 Å². The van der Waals surface area contributed by atoms with E-state index in [0.717, 1.165) is 64.6 Å². The summed E-state index contributed by atoms with van der Waals surface area (Å²) in [6.07, 6.45) is 2.76. The molecule has 1 unspecified atom stereocenters. The lowest BCUT2D eigenvalue weighted by molar-refractivity contribution is -0.142. The Morgan fingerprint density at radius 2 is 1.95 bits per heavy atom. The van der Waals surface area contributed by atoms with Gasteiger partial charge in [-0.25, -0.2) is 0 Å². The number of hydrogen-bond acceptors (Lipinski definition) is 3. The van der Waals surface area contributed by atoms with Gasteiger partial charge in [0.2, 0.25) is 0 Å². The van der Waals surface area contributed by atoms with Gasteiger partial charge in [0.05, 0.1) is 0 Å². The van der Waals surface area contributed by atoms with Crippen molar-refractivity contribution in [1.82, 2.24) is 15.1 Å². The minimum absolute atomic E-state index is 0. The van der Waals surface area contributed by atoms with Crippen molar-refractivity contribution in [3.8, 4) is 0 Å². The summed E-state index contributed by atoms with van der Waals surface area (Å²) in [4.78, 5) is 20.7. The fourth-order valence-electron chi connectivity index (χ4n) is 2.68. The average molecular weight is 410 g/mol. The number of nitrogens with one attached hydrogen (secondary N) is 1. The van der Waals surface area contributed by atoms with E-state index in [1.165, 1.54) is 0 Å². The fraction of sp³-hybridized carbons (Fsp3) is 0.857. The SMILES string of the molecule is CCCNC(=NC)N1CCN(C(=O)C2CCCO2)CC1.I. The topological polar surface area (TPSA) is 57.2 Å². The molecule has 7 heteroatoms. The monoisotopic (exact) mass is 410 g/mol. The van der Waals surface area contributed by atoms with Crippen LogP contribution in [-0.4, -0.2) is 74.1 Å². The van der Waals surface area contributed by atoms with Gasteiger partial charge in [-0.05, 0) is 19.3 Å². The van der Waals surface area contributed by atoms with E-state index in [4.69, 9.17) is 4.74 Å². The van der Waals surface area contributed by atoms with Crippen LogP contribution in [-0.2, 0) is 9.53 Å². The summed E-state index contributed by atoms with van der Waals surface area (Å²) in [5, 5.41) is 3.34. The van der Waals surface area contributed by atoms with Gasteiger partial charge in [-0.2, -0.15) is 0 Å². The second-order valence-corrected chi connectivity index (χ2v) is 5.29. The fourth-order valence-corrected chi connectivity index (χ4v) is 2.68. The van der Waals surface area contributed by atoms with E-state index in [2.05, 4.69) is 22.1 Å². The number of nitrogens with zero attached hydrogens (tertiary/aromatic N) is 3. The van der Waals surface area contributed by atoms with Crippen LogP contribution < -0.4 is 5.32 Å². The van der Waals surface area contributed by atoms with Crippen LogP contribution in [0.25, 0.3) is 0 Å². The van der Waals surface area contributed by atoms with E-state index in [9.17, 15) is 4.79 Å². The van der Waals surface area contributed by atoms with Crippen molar-refractivity contribution in [2.75, 3.05) is 46.4 Å². The van der Waals surface area contributed by atoms with E-state index >= 15 is 0 Å². The summed E-state index contributed by atoms with van der Waals surface area (Å²) in [6, 6.07) is 0. The number of piperazine rings is 1. The molecule has 0 spiro atoms. The van der Waals surface area contributed by atoms with Crippen molar-refractivity contribution in [3.05, 3.63) is 0 Å². The molecule has 2 heterocycles. The van der Waals surface area contributed by atoms with Crippen molar-refractivity contribution in [2.24, 2.45) is 4.99 Å². The van der Waals surface area contributed by atoms with Gasteiger partial charge in [-0.1, -0.05) is 6.92 Å². The molecule has 2 aliphatic rings. The highest BCUT2D eigenvalue weighted by Crippen LogP contribution is 2.16. The largest absolute Gasteiger partial charge is 0.368 e. The van der Waals surface area contributed by atoms with E-state index in [0.29, 0.717) is 0 Å². The molecule has 0 aromatic heterocycles. The molecule has 21 heavy (non-hydrogen) atoms. The van der Waals surface area contributed by atoms with Crippen LogP contribution in [0.4, 0.5) is 0 Å². The minimum atomic E-state index is -0.195. The molecule has 0 aromatic carbocycles. The van der Waals surface area contributed by atoms with E-state index in [1.807, 2.05) is 11.9 Å². The molecule has 1 N–H and O–H groups in total. The highest BCUT2D eigenvalue weighted by atomic mass is 127. The number of carbonyl (C=O) groups is 1. The number of guanidine groups is 1. The predicted molar refractivity (Wildman–Crippen MR) is 94.2 cm³/mol. The first-order valence-electron chi connectivity index (χ1n) is 7.62. The zero-order chi connectivity index (χ0) is 14.4. The summed E-state index contributed by atoms with van der Waals surface area (Å²) in [5.74, 6) is 1.11. The Hall–Kier alpha value is -0.570. The number of hydrogen-bond donors (Lipinski definition) is 1. The van der Waals surface area contributed by atoms with Gasteiger partial charge >= 0.3 is 0 Å². The smallest absolute Gasteiger partial charge is 0.251 e. The number of rotatable bonds is 3. The van der Waals surface area contributed by atoms with E-state index in [-0.39, 0.29) is 36.0 Å². The zero-order valence-corrected chi connectivity index (χ0v) is 15.3. The number of halogens is 1. The Morgan fingerprint density at radius 3 is 2.48 bits per heavy atom. The summed E-state index contributed by atoms with van der Waals surface area (Å²) in [7, 11) is 1.81. The number of carbonyl (C=O) groups excluding carboxylic acids is 1. The number of amides is 1. The van der Waals surface area contributed by atoms with Gasteiger partial charge in [0.1, 0.15) is 6.10 Å². The van der Waals surface area contributed by atoms with Gasteiger partial charge < -0.3 is 19.9 Å². The third kappa shape index (κ3) is 4.98. The maximum absolute atomic E-state index is 12.3. The van der Waals surface area contributed by atoms with Crippen LogP contribution in [0.15, 0.2) is 4.99 Å². The van der Waals surface area contributed by atoms with Gasteiger partial charge in [-0.3, -0.25) is 9.79 Å². The molecule has 2 saturated heterocycles. The van der Waals surface area contributed by atoms with Gasteiger partial charge in [0, 0.05) is 46.4 Å². The van der Waals surface area contributed by atoms with Crippen LogP contribution in [0.5, 0.6) is 0 Å². The Morgan fingerprint density at radius 1 is 1.29 bits per heavy atom. The standard InChI is InChI=1S/C14H26N4O2.HI/c1-3-6-16-14(15-2)18-9-7-17(8-10-18)13(19)12-5-4-11-20-12;/h12H,3-11H2,1-2H3,(H,15,16);1H. The molecule has 2 fully saturated rings. The third-order valence-corrected chi connectivity index (χ3v) is 3.84. The first-order chi connectivity index (χ1) is 9.76. The average Bonchev–Trinajstić information content (AvgIpc) is 3.02. The maximum Gasteiger partial charge on any atom is 0.251 e. The van der Waals surface area contributed by atoms with Crippen molar-refractivity contribution in [1.29, 1.82) is 0 Å². The molecule has 0 saturated carbocycles. The first-order valence-corrected chi connectivity index (χ1v) is 7.62. The summed E-state index contributed by atoms with van der Waals surface area (Å²) < 4.78 is 5.48. The van der Waals surface area contributed by atoms with Crippen LogP contribution in [0.2, 0.25) is 0 Å². The number of ether oxygens (including phenoxy) is 1. The second kappa shape index (κ2) is 9.45. The summed E-state index contributed by atoms with van der Waals surface area (Å²) >= 11 is 0. The first kappa shape index (κ1) is 18.5. The Kier molecular flexibility index (Phi) is 8.31. The Labute approximate surface area is 144 Å². The highest BCUT2D eigenvalue weighted by Gasteiger charge is 2.30. The van der Waals surface area contributed by atoms with Gasteiger partial charge in [0.15, 0.2) is 5.96 Å². The molecule has 2 rings (SSSR count). The Balaban J connectivity index is 0.00000220. The van der Waals surface area contributed by atoms with Crippen molar-refractivity contribution >= 4 is 35.8 Å². The quantitative estimate of drug-likeness (QED) is 0.427. The molecule has 122 valence electrons. The maximum atomic E-state index is 12.3. The molecule has 0 aromatic rings. The van der Waals surface area contributed by atoms with Gasteiger partial charge in [0.25, 0.3) is 5.91 Å². The van der Waals surface area contributed by atoms with Crippen LogP contribution >= 0.6 is 24.0 Å². The molecule has 1 amide bonds. The molecular formula is C14H27IN4O2. The van der Waals surface area contributed by atoms with Crippen LogP contribution in [0.3, 0.4) is 0 Å². The van der Waals surface area contributed by atoms with Crippen molar-refractivity contribution in [2.45, 2.75) is 32.3 Å². The zero-order valence-electron chi connectivity index (χ0n) is 13.0. The molecule has 2 aliphatic heterocycles. The molecule has 0 aliphatic carbocycles. The second-order valence-electron chi connectivity index (χ2n) is 5.29. The normalized spacial score (nSPS) is 23.0. The summed E-state index contributed by atoms with van der Waals surface area (Å²) in [6.45, 7) is 6.98. The predicted octanol–water partition coefficient (Wildman–Crippen LogP) is 0.913. The van der Waals surface area contributed by atoms with E-state index < -0.39 is 0 Å². The molecule has 6 nitrogen and oxygen atoms in total. The molecule has 0 radical (unpaired) electrons. The van der Waals surface area contributed by atoms with Gasteiger partial charge in [-0.15, -0.1) is 24.0 Å². The third-order valence-electron chi connectivity index (χ3n) is 3.84. The number of aliphatic imine (C=N–C) groups is 1. The van der Waals surface area contributed by atoms with E-state index in [1.54, 1.807) is 0 Å². The molecule has 1 atom stereocenters. The lowest BCUT2D eigenvalue weighted by Gasteiger charge is -2.37. The Bertz CT molecular complexity index is 351. The lowest BCUT2D eigenvalue weighted by Crippen LogP contribution is -2.55.